The van der Waals surface area contributed by atoms with Gasteiger partial charge >= 0.3 is 0 Å². The summed E-state index contributed by atoms with van der Waals surface area (Å²) in [5.74, 6) is 2.47. The van der Waals surface area contributed by atoms with Crippen molar-refractivity contribution in [1.29, 1.82) is 0 Å². The monoisotopic (exact) mass is 295 g/mol. The van der Waals surface area contributed by atoms with Gasteiger partial charge in [0.25, 0.3) is 0 Å². The fourth-order valence-electron chi connectivity index (χ4n) is 2.78. The third-order valence-corrected chi connectivity index (χ3v) is 4.04. The molecule has 0 aromatic carbocycles. The van der Waals surface area contributed by atoms with Gasteiger partial charge in [0.2, 0.25) is 0 Å². The zero-order valence-electron chi connectivity index (χ0n) is 12.4. The number of aromatic nitrogens is 4. The summed E-state index contributed by atoms with van der Waals surface area (Å²) in [6.07, 6.45) is 8.31. The van der Waals surface area contributed by atoms with E-state index in [0.29, 0.717) is 5.82 Å². The summed E-state index contributed by atoms with van der Waals surface area (Å²) in [7, 11) is 2.03. The number of hydrogen-bond donors (Lipinski definition) is 0. The third-order valence-electron chi connectivity index (χ3n) is 4.04. The number of hydrogen-bond acceptors (Lipinski definition) is 5. The summed E-state index contributed by atoms with van der Waals surface area (Å²) in [6, 6.07) is 3.74. The molecule has 1 aliphatic heterocycles. The van der Waals surface area contributed by atoms with Crippen molar-refractivity contribution in [2.45, 2.75) is 19.5 Å². The van der Waals surface area contributed by atoms with Crippen LogP contribution in [-0.2, 0) is 26.6 Å². The molecule has 0 radical (unpaired) electrons. The van der Waals surface area contributed by atoms with Crippen molar-refractivity contribution in [2.24, 2.45) is 7.05 Å². The van der Waals surface area contributed by atoms with Crippen LogP contribution in [0.3, 0.4) is 0 Å². The molecule has 0 N–H and O–H groups in total. The van der Waals surface area contributed by atoms with E-state index in [9.17, 15) is 0 Å². The van der Waals surface area contributed by atoms with Gasteiger partial charge in [-0.25, -0.2) is 15.0 Å². The molecule has 1 aliphatic rings. The largest absolute Gasteiger partial charge is 0.461 e. The molecule has 3 aromatic rings. The van der Waals surface area contributed by atoms with Gasteiger partial charge in [-0.1, -0.05) is 0 Å². The second-order valence-corrected chi connectivity index (χ2v) is 5.56. The normalized spacial score (nSPS) is 15.0. The molecule has 0 amide bonds. The maximum Gasteiger partial charge on any atom is 0.195 e. The van der Waals surface area contributed by atoms with Crippen LogP contribution < -0.4 is 0 Å². The van der Waals surface area contributed by atoms with Gasteiger partial charge in [-0.2, -0.15) is 0 Å². The van der Waals surface area contributed by atoms with E-state index in [2.05, 4.69) is 24.4 Å². The second-order valence-electron chi connectivity index (χ2n) is 5.56. The van der Waals surface area contributed by atoms with Crippen LogP contribution in [0.5, 0.6) is 0 Å². The third kappa shape index (κ3) is 2.42. The SMILES string of the molecule is Cn1ccnc1CN1CCc2nc(-c3ccco3)ncc2C1. The first-order chi connectivity index (χ1) is 10.8. The average molecular weight is 295 g/mol. The zero-order valence-corrected chi connectivity index (χ0v) is 12.4. The maximum atomic E-state index is 5.37. The van der Waals surface area contributed by atoms with E-state index < -0.39 is 0 Å². The van der Waals surface area contributed by atoms with Crippen LogP contribution >= 0.6 is 0 Å². The molecule has 6 heteroatoms. The van der Waals surface area contributed by atoms with Gasteiger partial charge in [-0.15, -0.1) is 0 Å². The van der Waals surface area contributed by atoms with E-state index >= 15 is 0 Å². The highest BCUT2D eigenvalue weighted by Crippen LogP contribution is 2.22. The minimum Gasteiger partial charge on any atom is -0.461 e. The Bertz CT molecular complexity index is 778. The van der Waals surface area contributed by atoms with Crippen LogP contribution in [0.2, 0.25) is 0 Å². The first-order valence-corrected chi connectivity index (χ1v) is 7.37. The lowest BCUT2D eigenvalue weighted by molar-refractivity contribution is 0.234. The molecule has 0 saturated carbocycles. The number of aryl methyl sites for hydroxylation is 1. The molecule has 0 atom stereocenters. The minimum absolute atomic E-state index is 0.668. The Hall–Kier alpha value is -2.47. The Morgan fingerprint density at radius 1 is 1.32 bits per heavy atom. The van der Waals surface area contributed by atoms with Crippen LogP contribution in [-0.4, -0.2) is 31.0 Å². The number of rotatable bonds is 3. The fraction of sp³-hybridized carbons (Fsp3) is 0.312. The van der Waals surface area contributed by atoms with Crippen molar-refractivity contribution >= 4 is 0 Å². The lowest BCUT2D eigenvalue weighted by atomic mass is 10.1. The second kappa shape index (κ2) is 5.38. The first-order valence-electron chi connectivity index (χ1n) is 7.37. The smallest absolute Gasteiger partial charge is 0.195 e. The Morgan fingerprint density at radius 3 is 3.05 bits per heavy atom. The minimum atomic E-state index is 0.668. The van der Waals surface area contributed by atoms with Crippen LogP contribution in [0.25, 0.3) is 11.6 Å². The molecular weight excluding hydrogens is 278 g/mol. The van der Waals surface area contributed by atoms with E-state index in [1.165, 1.54) is 5.56 Å². The molecule has 0 spiro atoms. The fourth-order valence-corrected chi connectivity index (χ4v) is 2.78. The van der Waals surface area contributed by atoms with Crippen molar-refractivity contribution in [3.8, 4) is 11.6 Å². The lowest BCUT2D eigenvalue weighted by Gasteiger charge is -2.27. The van der Waals surface area contributed by atoms with Gasteiger partial charge in [0.1, 0.15) is 5.82 Å². The van der Waals surface area contributed by atoms with Crippen molar-refractivity contribution in [1.82, 2.24) is 24.4 Å². The molecule has 0 saturated heterocycles. The van der Waals surface area contributed by atoms with Gasteiger partial charge in [0, 0.05) is 50.7 Å². The van der Waals surface area contributed by atoms with E-state index in [4.69, 9.17) is 4.42 Å². The Kier molecular flexibility index (Phi) is 3.23. The summed E-state index contributed by atoms with van der Waals surface area (Å²) in [5.41, 5.74) is 2.31. The molecule has 0 fully saturated rings. The summed E-state index contributed by atoms with van der Waals surface area (Å²) in [6.45, 7) is 2.69. The molecule has 4 rings (SSSR count). The molecule has 22 heavy (non-hydrogen) atoms. The summed E-state index contributed by atoms with van der Waals surface area (Å²) in [4.78, 5) is 15.9. The van der Waals surface area contributed by atoms with Crippen molar-refractivity contribution in [3.05, 3.63) is 54.1 Å². The van der Waals surface area contributed by atoms with Gasteiger partial charge in [-0.05, 0) is 12.1 Å². The highest BCUT2D eigenvalue weighted by Gasteiger charge is 2.20. The van der Waals surface area contributed by atoms with Crippen LogP contribution in [0, 0.1) is 0 Å². The molecule has 4 heterocycles. The maximum absolute atomic E-state index is 5.37. The zero-order chi connectivity index (χ0) is 14.9. The number of nitrogens with zero attached hydrogens (tertiary/aromatic N) is 5. The van der Waals surface area contributed by atoms with Gasteiger partial charge < -0.3 is 8.98 Å². The number of fused-ring (bicyclic) bond motifs is 1. The summed E-state index contributed by atoms with van der Waals surface area (Å²) >= 11 is 0. The predicted molar refractivity (Wildman–Crippen MR) is 80.8 cm³/mol. The van der Waals surface area contributed by atoms with Crippen molar-refractivity contribution in [2.75, 3.05) is 6.54 Å². The van der Waals surface area contributed by atoms with Gasteiger partial charge in [-0.3, -0.25) is 4.90 Å². The molecule has 0 unspecified atom stereocenters. The van der Waals surface area contributed by atoms with Gasteiger partial charge in [0.15, 0.2) is 11.6 Å². The van der Waals surface area contributed by atoms with E-state index in [-0.39, 0.29) is 0 Å². The van der Waals surface area contributed by atoms with E-state index in [1.54, 1.807) is 6.26 Å². The predicted octanol–water partition coefficient (Wildman–Crippen LogP) is 2.03. The highest BCUT2D eigenvalue weighted by molar-refractivity contribution is 5.46. The van der Waals surface area contributed by atoms with E-state index in [1.807, 2.05) is 37.8 Å². The van der Waals surface area contributed by atoms with Crippen LogP contribution in [0.15, 0.2) is 41.4 Å². The molecule has 112 valence electrons. The molecule has 0 bridgehead atoms. The topological polar surface area (TPSA) is 60.0 Å². The first kappa shape index (κ1) is 13.2. The molecule has 6 nitrogen and oxygen atoms in total. The average Bonchev–Trinajstić information content (AvgIpc) is 3.19. The Balaban J connectivity index is 1.53. The van der Waals surface area contributed by atoms with Crippen LogP contribution in [0.4, 0.5) is 0 Å². The van der Waals surface area contributed by atoms with E-state index in [0.717, 1.165) is 43.3 Å². The Labute approximate surface area is 128 Å². The Morgan fingerprint density at radius 2 is 2.27 bits per heavy atom. The lowest BCUT2D eigenvalue weighted by Crippen LogP contribution is -2.31. The molecular formula is C16H17N5O. The quantitative estimate of drug-likeness (QED) is 0.740. The summed E-state index contributed by atoms with van der Waals surface area (Å²) in [5, 5.41) is 0. The number of furan rings is 1. The van der Waals surface area contributed by atoms with Crippen LogP contribution in [0.1, 0.15) is 17.1 Å². The van der Waals surface area contributed by atoms with Gasteiger partial charge in [0.05, 0.1) is 18.5 Å². The summed E-state index contributed by atoms with van der Waals surface area (Å²) < 4.78 is 7.43. The highest BCUT2D eigenvalue weighted by atomic mass is 16.3. The van der Waals surface area contributed by atoms with Crippen molar-refractivity contribution < 1.29 is 4.42 Å². The molecule has 3 aromatic heterocycles. The molecule has 0 aliphatic carbocycles. The van der Waals surface area contributed by atoms with Crippen molar-refractivity contribution in [3.63, 3.8) is 0 Å². The standard InChI is InChI=1S/C16H17N5O/c1-20-7-5-17-15(20)11-21-6-4-13-12(10-21)9-18-16(19-13)14-3-2-8-22-14/h2-3,5,7-9H,4,6,10-11H2,1H3. The number of imidazole rings is 1.